The van der Waals surface area contributed by atoms with E-state index in [9.17, 15) is 0 Å². The Morgan fingerprint density at radius 3 is 1.29 bits per heavy atom. The van der Waals surface area contributed by atoms with Crippen molar-refractivity contribution >= 4 is 0 Å². The number of likely N-dealkylation sites (N-methyl/N-ethyl adjacent to an activating group) is 8. The van der Waals surface area contributed by atoms with Gasteiger partial charge in [-0.2, -0.15) is 0 Å². The first-order valence-electron chi connectivity index (χ1n) is 35.5. The average Bonchev–Trinajstić information content (AvgIpc) is 2.36. The number of rotatable bonds is 1. The maximum Gasteiger partial charge on any atom is 0.0633 e. The Hall–Kier alpha value is -0.800. The summed E-state index contributed by atoms with van der Waals surface area (Å²) in [5.74, 6) is 2.94. The summed E-state index contributed by atoms with van der Waals surface area (Å²) >= 11 is 0. The van der Waals surface area contributed by atoms with Crippen LogP contribution in [-0.2, 0) is 4.74 Å². The Balaban J connectivity index is 0.000000153. The third-order valence-electron chi connectivity index (χ3n) is 21.4. The zero-order valence-corrected chi connectivity index (χ0v) is 58.3. The lowest BCUT2D eigenvalue weighted by Crippen LogP contribution is -2.66. The maximum absolute atomic E-state index is 5.40. The van der Waals surface area contributed by atoms with Crippen molar-refractivity contribution in [1.29, 1.82) is 0 Å². The zero-order chi connectivity index (χ0) is 61.8. The van der Waals surface area contributed by atoms with Crippen molar-refractivity contribution in [3.8, 4) is 0 Å². The number of nitrogens with zero attached hydrogens (tertiary/aromatic N) is 10. The summed E-state index contributed by atoms with van der Waals surface area (Å²) in [6.07, 6.45) is 12.5. The van der Waals surface area contributed by atoms with Crippen molar-refractivity contribution in [3.05, 3.63) is 0 Å². The fourth-order valence-electron chi connectivity index (χ4n) is 15.1. The van der Waals surface area contributed by atoms with Gasteiger partial charge in [0.15, 0.2) is 0 Å². The van der Waals surface area contributed by atoms with Crippen LogP contribution in [0.4, 0.5) is 0 Å². The summed E-state index contributed by atoms with van der Waals surface area (Å²) in [6, 6.07) is 8.21. The number of piperidine rings is 2. The van der Waals surface area contributed by atoms with Crippen molar-refractivity contribution in [3.63, 3.8) is 0 Å². The molecule has 16 aliphatic rings. The van der Waals surface area contributed by atoms with Crippen molar-refractivity contribution in [2.45, 2.75) is 152 Å². The van der Waals surface area contributed by atoms with E-state index >= 15 is 0 Å². The number of likely N-dealkylation sites (tertiary alicyclic amines) is 4. The number of hydrogen-bond donors (Lipinski definition) is 9. The lowest BCUT2D eigenvalue weighted by molar-refractivity contribution is 0.000319. The number of morpholine rings is 1. The molecule has 16 heterocycles. The average molecular weight is 1220 g/mol. The van der Waals surface area contributed by atoms with Crippen LogP contribution in [0.15, 0.2) is 0 Å². The molecule has 0 spiro atoms. The van der Waals surface area contributed by atoms with E-state index < -0.39 is 0 Å². The number of fused-ring (bicyclic) bond motifs is 9. The van der Waals surface area contributed by atoms with E-state index in [0.29, 0.717) is 24.2 Å². The first kappa shape index (κ1) is 74.2. The molecule has 16 saturated heterocycles. The van der Waals surface area contributed by atoms with Crippen LogP contribution in [0.5, 0.6) is 0 Å². The summed E-state index contributed by atoms with van der Waals surface area (Å²) in [4.78, 5) is 24.0. The topological polar surface area (TPSA) is 150 Å². The Morgan fingerprint density at radius 1 is 0.384 bits per heavy atom. The standard InChI is InChI=1S/C8H16N2.C7H14N2O.2C7H14N2.C7H16N2.C7H15N.C6H12N2.2C6H14N2.C5H12N2/c1-10-5-7-3-2-4-8(6-10)9-7;1-9-2-6-4-10-5-7(3-9)8-6;1-9-4-6-2-8-3-7(6)5-9;1-9-4-6-2-3-7(5-9)8-6;1-6-7(2)9(3)5-4-8-6;1-3-7-4-5-8(2)6-7;1-8-5-2-6(8)4-7-3-5;1-6-5-7-3-4-8(6)2;1-8-5-2-3-7-4-6-8;1-7-4-2-6-3-5-7/h7-9H,2-6H2,1H3;6-8H,2-5H2,1H3;2*6-8H,2-5H2,1H3;6-8H,4-5H2,1-3H3;7H,3-6H2,1-2H3;5-7H,2-4H2,1H3;6-7H,3-5H2,1-2H3;7H,2-6H2,1H3;6H,2-5H2,1H3. The Bertz CT molecular complexity index is 1580. The highest BCUT2D eigenvalue weighted by Crippen LogP contribution is 2.26. The Labute approximate surface area is 529 Å². The highest BCUT2D eigenvalue weighted by Gasteiger charge is 2.38. The van der Waals surface area contributed by atoms with Gasteiger partial charge in [0, 0.05) is 210 Å². The van der Waals surface area contributed by atoms with Gasteiger partial charge in [-0.1, -0.05) is 19.8 Å². The number of ether oxygens (including phenoxy) is 1. The third kappa shape index (κ3) is 28.2. The molecule has 0 radical (unpaired) electrons. The molecule has 9 N–H and O–H groups in total. The van der Waals surface area contributed by atoms with Gasteiger partial charge >= 0.3 is 0 Å². The zero-order valence-electron chi connectivity index (χ0n) is 58.3. The highest BCUT2D eigenvalue weighted by atomic mass is 16.5. The fraction of sp³-hybridized carbons (Fsp3) is 1.00. The van der Waals surface area contributed by atoms with E-state index in [-0.39, 0.29) is 0 Å². The molecule has 0 aromatic heterocycles. The normalized spacial score (nSPS) is 37.6. The van der Waals surface area contributed by atoms with E-state index in [1.807, 2.05) is 0 Å². The van der Waals surface area contributed by atoms with Crippen LogP contribution in [0.3, 0.4) is 0 Å². The van der Waals surface area contributed by atoms with E-state index in [4.69, 9.17) is 4.74 Å². The van der Waals surface area contributed by atoms with Crippen LogP contribution >= 0.6 is 0 Å². The van der Waals surface area contributed by atoms with Crippen LogP contribution < -0.4 is 47.9 Å². The predicted molar refractivity (Wildman–Crippen MR) is 364 cm³/mol. The maximum atomic E-state index is 5.40. The molecule has 20 nitrogen and oxygen atoms in total. The lowest BCUT2D eigenvalue weighted by Gasteiger charge is -2.51. The van der Waals surface area contributed by atoms with Crippen LogP contribution in [0.25, 0.3) is 0 Å². The summed E-state index contributed by atoms with van der Waals surface area (Å²) in [7, 11) is 21.9. The van der Waals surface area contributed by atoms with Crippen LogP contribution in [-0.4, -0.2) is 376 Å². The monoisotopic (exact) mass is 1220 g/mol. The second-order valence-electron chi connectivity index (χ2n) is 29.4. The summed E-state index contributed by atoms with van der Waals surface area (Å²) in [6.45, 7) is 43.7. The summed E-state index contributed by atoms with van der Waals surface area (Å²) in [5, 5.41) is 30.9. The fourth-order valence-corrected chi connectivity index (χ4v) is 15.1. The molecule has 16 aliphatic heterocycles. The minimum atomic E-state index is 0.581. The minimum absolute atomic E-state index is 0.581. The van der Waals surface area contributed by atoms with Gasteiger partial charge in [-0.05, 0) is 187 Å². The van der Waals surface area contributed by atoms with E-state index in [0.717, 1.165) is 126 Å². The number of hydrogen-bond acceptors (Lipinski definition) is 20. The van der Waals surface area contributed by atoms with Gasteiger partial charge in [-0.3, -0.25) is 4.90 Å². The Morgan fingerprint density at radius 2 is 0.860 bits per heavy atom. The summed E-state index contributed by atoms with van der Waals surface area (Å²) < 4.78 is 5.40. The molecule has 0 saturated carbocycles. The molecule has 86 heavy (non-hydrogen) atoms. The number of piperazine rings is 7. The molecule has 20 heteroatoms. The molecule has 506 valence electrons. The molecule has 14 unspecified atom stereocenters. The third-order valence-corrected chi connectivity index (χ3v) is 21.4. The smallest absolute Gasteiger partial charge is 0.0633 e. The second-order valence-corrected chi connectivity index (χ2v) is 29.4. The second kappa shape index (κ2) is 41.0. The molecular formula is C66H141N19O. The molecule has 0 aromatic rings. The van der Waals surface area contributed by atoms with Gasteiger partial charge < -0.3 is 96.7 Å². The van der Waals surface area contributed by atoms with Gasteiger partial charge in [-0.25, -0.2) is 0 Å². The van der Waals surface area contributed by atoms with Crippen LogP contribution in [0.1, 0.15) is 85.5 Å². The van der Waals surface area contributed by atoms with E-state index in [2.05, 4.69) is 195 Å². The molecule has 0 amide bonds. The van der Waals surface area contributed by atoms with Crippen molar-refractivity contribution in [2.24, 2.45) is 17.8 Å². The summed E-state index contributed by atoms with van der Waals surface area (Å²) in [5.41, 5.74) is 0. The molecule has 0 aliphatic carbocycles. The van der Waals surface area contributed by atoms with Gasteiger partial charge in [0.1, 0.15) is 0 Å². The van der Waals surface area contributed by atoms with Gasteiger partial charge in [-0.15, -0.1) is 0 Å². The first-order valence-corrected chi connectivity index (χ1v) is 35.5. The van der Waals surface area contributed by atoms with Crippen molar-refractivity contribution < 1.29 is 4.74 Å². The largest absolute Gasteiger partial charge is 0.378 e. The SMILES string of the molecule is CC1CNCCN1C.CC1NCCN(C)C1C.CCC1CCN(C)C1.CN1C2CNCC1C2.CN1CC2CCC(C1)N2.CN1CC2CCCC(C1)N2.CN1CC2CNCC2C1.CN1CC2COCC(C1)N2.CN1CCCNCC1.CN1CCNCC1. The predicted octanol–water partition coefficient (Wildman–Crippen LogP) is 0.203. The molecule has 0 aromatic carbocycles. The lowest BCUT2D eigenvalue weighted by atomic mass is 9.90. The van der Waals surface area contributed by atoms with E-state index in [1.165, 1.54) is 182 Å². The van der Waals surface area contributed by atoms with Gasteiger partial charge in [0.2, 0.25) is 0 Å². The quantitative estimate of drug-likeness (QED) is 0.176. The molecule has 16 rings (SSSR count). The molecule has 14 atom stereocenters. The van der Waals surface area contributed by atoms with Crippen LogP contribution in [0.2, 0.25) is 0 Å². The molecule has 8 bridgehead atoms. The first-order chi connectivity index (χ1) is 41.4. The van der Waals surface area contributed by atoms with Crippen molar-refractivity contribution in [1.82, 2.24) is 96.9 Å². The van der Waals surface area contributed by atoms with Crippen molar-refractivity contribution in [2.75, 3.05) is 260 Å². The molecule has 16 fully saturated rings. The highest BCUT2D eigenvalue weighted by molar-refractivity contribution is 4.97. The minimum Gasteiger partial charge on any atom is -0.378 e. The van der Waals surface area contributed by atoms with E-state index in [1.54, 1.807) is 0 Å². The van der Waals surface area contributed by atoms with Crippen LogP contribution in [0, 0.1) is 17.8 Å². The Kier molecular flexibility index (Phi) is 35.4. The molecular weight excluding hydrogens is 1070 g/mol. The van der Waals surface area contributed by atoms with Gasteiger partial charge in [0.25, 0.3) is 0 Å². The number of nitrogens with one attached hydrogen (secondary N) is 9. The van der Waals surface area contributed by atoms with Gasteiger partial charge in [0.05, 0.1) is 13.2 Å².